The van der Waals surface area contributed by atoms with Crippen molar-refractivity contribution in [1.82, 2.24) is 10.6 Å². The van der Waals surface area contributed by atoms with Crippen molar-refractivity contribution >= 4 is 0 Å². The van der Waals surface area contributed by atoms with Gasteiger partial charge in [0.05, 0.1) is 13.2 Å². The van der Waals surface area contributed by atoms with Crippen LogP contribution in [0, 0.1) is 30.6 Å². The Hall–Kier alpha value is -3.46. The van der Waals surface area contributed by atoms with Crippen molar-refractivity contribution in [2.45, 2.75) is 92.5 Å². The van der Waals surface area contributed by atoms with Crippen LogP contribution in [0.15, 0.2) is 110 Å². The molecule has 3 nitrogen and oxygen atoms in total. The number of hydrogen-bond donors (Lipinski definition) is 2. The van der Waals surface area contributed by atoms with Gasteiger partial charge in [0, 0.05) is 17.9 Å². The third kappa shape index (κ3) is 14.5. The fourth-order valence-electron chi connectivity index (χ4n) is 5.74. The predicted octanol–water partition coefficient (Wildman–Crippen LogP) is 10.5. The number of ether oxygens (including phenoxy) is 1. The van der Waals surface area contributed by atoms with Gasteiger partial charge in [-0.3, -0.25) is 0 Å². The van der Waals surface area contributed by atoms with E-state index in [-0.39, 0.29) is 6.04 Å². The number of hydrogen-bond acceptors (Lipinski definition) is 3. The smallest absolute Gasteiger partial charge is 0.121 e. The van der Waals surface area contributed by atoms with E-state index in [1.165, 1.54) is 35.1 Å². The van der Waals surface area contributed by atoms with Gasteiger partial charge in [-0.05, 0) is 111 Å². The number of nitrogens with one attached hydrogen (secondary N) is 2. The van der Waals surface area contributed by atoms with E-state index < -0.39 is 0 Å². The fraction of sp³-hybridized carbons (Fsp3) is 0.476. The lowest BCUT2D eigenvalue weighted by Gasteiger charge is -2.27. The summed E-state index contributed by atoms with van der Waals surface area (Å²) in [7, 11) is 1.72. The summed E-state index contributed by atoms with van der Waals surface area (Å²) < 4.78 is 5.49. The molecule has 2 aromatic carbocycles. The molecule has 0 heterocycles. The van der Waals surface area contributed by atoms with Crippen LogP contribution in [0.5, 0.6) is 5.75 Å². The highest BCUT2D eigenvalue weighted by Crippen LogP contribution is 2.28. The monoisotopic (exact) mass is 610 g/mol. The molecule has 0 fully saturated rings. The van der Waals surface area contributed by atoms with Gasteiger partial charge >= 0.3 is 0 Å². The first kappa shape index (κ1) is 37.7. The van der Waals surface area contributed by atoms with E-state index in [1.807, 2.05) is 6.07 Å². The van der Waals surface area contributed by atoms with Gasteiger partial charge < -0.3 is 15.4 Å². The van der Waals surface area contributed by atoms with E-state index in [4.69, 9.17) is 4.74 Å². The minimum atomic E-state index is -0.00989. The quantitative estimate of drug-likeness (QED) is 0.103. The second-order valence-corrected chi connectivity index (χ2v) is 13.7. The van der Waals surface area contributed by atoms with E-state index in [1.54, 1.807) is 7.11 Å². The van der Waals surface area contributed by atoms with Gasteiger partial charge in [0.2, 0.25) is 0 Å². The molecule has 0 aliphatic rings. The first-order chi connectivity index (χ1) is 21.4. The minimum Gasteiger partial charge on any atom is -0.496 e. The Morgan fingerprint density at radius 1 is 0.933 bits per heavy atom. The predicted molar refractivity (Wildman–Crippen MR) is 198 cm³/mol. The molecule has 3 unspecified atom stereocenters. The van der Waals surface area contributed by atoms with Crippen molar-refractivity contribution < 1.29 is 4.74 Å². The molecule has 3 heteroatoms. The van der Waals surface area contributed by atoms with Gasteiger partial charge in [0.25, 0.3) is 0 Å². The maximum Gasteiger partial charge on any atom is 0.121 e. The van der Waals surface area contributed by atoms with Gasteiger partial charge in [-0.25, -0.2) is 0 Å². The highest BCUT2D eigenvalue weighted by molar-refractivity contribution is 5.37. The van der Waals surface area contributed by atoms with Crippen molar-refractivity contribution in [3.63, 3.8) is 0 Å². The summed E-state index contributed by atoms with van der Waals surface area (Å²) in [4.78, 5) is 0. The molecule has 2 N–H and O–H groups in total. The molecule has 0 spiro atoms. The van der Waals surface area contributed by atoms with Crippen molar-refractivity contribution in [1.29, 1.82) is 0 Å². The summed E-state index contributed by atoms with van der Waals surface area (Å²) in [5, 5.41) is 7.31. The Bertz CT molecular complexity index is 1250. The molecular formula is C42H62N2O. The number of allylic oxidation sites excluding steroid dienone is 3. The highest BCUT2D eigenvalue weighted by Gasteiger charge is 2.19. The number of methoxy groups -OCH3 is 1. The second-order valence-electron chi connectivity index (χ2n) is 13.7. The molecule has 4 atom stereocenters. The molecule has 0 aromatic heterocycles. The van der Waals surface area contributed by atoms with Crippen LogP contribution in [0.1, 0.15) is 83.4 Å². The maximum absolute atomic E-state index is 5.49. The third-order valence-corrected chi connectivity index (χ3v) is 8.89. The largest absolute Gasteiger partial charge is 0.496 e. The molecule has 0 aliphatic heterocycles. The molecule has 0 radical (unpaired) electrons. The standard InChI is InChI=1S/C42H62N2O/c1-30(2)25-40(31(3)4)27-33(6)35(8)29-43-37(10)41(28-39-23-24-42(45-11)34(7)26-39)44-36(9)18-16-15-17-32(5)21-22-38-19-13-12-14-20-38/h12-14,16,18-20,23-24,26,30,32,35,40-41,43-44H,3,6,9-10,15,17,21-22,25,27-29H2,1-2,4-5,7-8,11H3/b18-16+/t32?,35?,40?,41-/m1/s1. The summed E-state index contributed by atoms with van der Waals surface area (Å²) >= 11 is 0. The van der Waals surface area contributed by atoms with Crippen LogP contribution >= 0.6 is 0 Å². The molecule has 246 valence electrons. The summed E-state index contributed by atoms with van der Waals surface area (Å²) in [6.45, 7) is 31.7. The van der Waals surface area contributed by atoms with Crippen LogP contribution in [0.2, 0.25) is 0 Å². The normalized spacial score (nSPS) is 14.0. The zero-order valence-corrected chi connectivity index (χ0v) is 29.6. The third-order valence-electron chi connectivity index (χ3n) is 8.89. The summed E-state index contributed by atoms with van der Waals surface area (Å²) in [6.07, 6.45) is 11.9. The fourth-order valence-corrected chi connectivity index (χ4v) is 5.74. The average Bonchev–Trinajstić information content (AvgIpc) is 3.00. The van der Waals surface area contributed by atoms with Gasteiger partial charge in [-0.15, -0.1) is 0 Å². The van der Waals surface area contributed by atoms with Crippen LogP contribution in [-0.2, 0) is 12.8 Å². The van der Waals surface area contributed by atoms with E-state index in [0.29, 0.717) is 23.7 Å². The molecule has 0 saturated carbocycles. The van der Waals surface area contributed by atoms with Crippen LogP contribution < -0.4 is 15.4 Å². The molecule has 2 aromatic rings. The highest BCUT2D eigenvalue weighted by atomic mass is 16.5. The number of rotatable bonds is 22. The van der Waals surface area contributed by atoms with Crippen molar-refractivity contribution in [3.05, 3.63) is 126 Å². The molecule has 2 rings (SSSR count). The van der Waals surface area contributed by atoms with E-state index in [2.05, 4.69) is 133 Å². The molecule has 0 aliphatic carbocycles. The van der Waals surface area contributed by atoms with Crippen molar-refractivity contribution in [2.24, 2.45) is 23.7 Å². The van der Waals surface area contributed by atoms with Gasteiger partial charge in [-0.1, -0.05) is 114 Å². The topological polar surface area (TPSA) is 33.3 Å². The van der Waals surface area contributed by atoms with Gasteiger partial charge in [0.1, 0.15) is 5.75 Å². The lowest BCUT2D eigenvalue weighted by molar-refractivity contribution is 0.411. The summed E-state index contributed by atoms with van der Waals surface area (Å²) in [5.41, 5.74) is 8.17. The van der Waals surface area contributed by atoms with Crippen LogP contribution in [0.25, 0.3) is 0 Å². The average molecular weight is 611 g/mol. The second kappa shape index (κ2) is 19.8. The molecule has 0 bridgehead atoms. The summed E-state index contributed by atoms with van der Waals surface area (Å²) in [5.74, 6) is 3.04. The first-order valence-corrected chi connectivity index (χ1v) is 16.9. The number of benzene rings is 2. The molecule has 0 saturated heterocycles. The molecule has 45 heavy (non-hydrogen) atoms. The molecular weight excluding hydrogens is 548 g/mol. The molecule has 0 amide bonds. The Balaban J connectivity index is 1.98. The Morgan fingerprint density at radius 3 is 2.27 bits per heavy atom. The number of aryl methyl sites for hydroxylation is 2. The van der Waals surface area contributed by atoms with Crippen LogP contribution in [0.4, 0.5) is 0 Å². The van der Waals surface area contributed by atoms with E-state index in [0.717, 1.165) is 61.4 Å². The van der Waals surface area contributed by atoms with Crippen molar-refractivity contribution in [3.8, 4) is 5.75 Å². The van der Waals surface area contributed by atoms with E-state index in [9.17, 15) is 0 Å². The SMILES string of the molecule is C=C(/C=C/CCC(C)CCc1ccccc1)N[C@H](Cc1ccc(OC)c(C)c1)C(=C)NCC(C)C(=C)CC(CC(C)C)C(=C)C. The van der Waals surface area contributed by atoms with Crippen molar-refractivity contribution in [2.75, 3.05) is 13.7 Å². The van der Waals surface area contributed by atoms with Gasteiger partial charge in [0.15, 0.2) is 0 Å². The lowest BCUT2D eigenvalue weighted by atomic mass is 9.83. The lowest BCUT2D eigenvalue weighted by Crippen LogP contribution is -2.38. The Labute approximate surface area is 276 Å². The zero-order chi connectivity index (χ0) is 33.4. The minimum absolute atomic E-state index is 0.00989. The Morgan fingerprint density at radius 2 is 1.64 bits per heavy atom. The first-order valence-electron chi connectivity index (χ1n) is 16.9. The zero-order valence-electron chi connectivity index (χ0n) is 29.6. The van der Waals surface area contributed by atoms with Crippen LogP contribution in [0.3, 0.4) is 0 Å². The van der Waals surface area contributed by atoms with Gasteiger partial charge in [-0.2, -0.15) is 0 Å². The Kier molecular flexibility index (Phi) is 16.6. The van der Waals surface area contributed by atoms with E-state index >= 15 is 0 Å². The maximum atomic E-state index is 5.49. The summed E-state index contributed by atoms with van der Waals surface area (Å²) in [6, 6.07) is 17.2. The van der Waals surface area contributed by atoms with Crippen LogP contribution in [-0.4, -0.2) is 19.7 Å².